The van der Waals surface area contributed by atoms with Gasteiger partial charge in [-0.15, -0.1) is 0 Å². The van der Waals surface area contributed by atoms with Crippen molar-refractivity contribution in [2.45, 2.75) is 25.7 Å². The van der Waals surface area contributed by atoms with Crippen LogP contribution in [0.25, 0.3) is 21.8 Å². The molecule has 0 unspecified atom stereocenters. The Hall–Kier alpha value is -2.57. The molecule has 0 aliphatic carbocycles. The van der Waals surface area contributed by atoms with Crippen LogP contribution in [0, 0.1) is 0 Å². The number of pyridine rings is 1. The van der Waals surface area contributed by atoms with Crippen LogP contribution < -0.4 is 14.9 Å². The fraction of sp³-hybridized carbons (Fsp3) is 0.500. The fourth-order valence-electron chi connectivity index (χ4n) is 5.02. The highest BCUT2D eigenvalue weighted by Crippen LogP contribution is 2.25. The lowest BCUT2D eigenvalue weighted by molar-refractivity contribution is 0.238. The SMILES string of the molecule is Cn1c2ccc(OCCN3CCCC3)cc2c(=O)c2ccc(OCCN3CCCC3)cc21. The van der Waals surface area contributed by atoms with Gasteiger partial charge in [-0.25, -0.2) is 0 Å². The van der Waals surface area contributed by atoms with Crippen LogP contribution in [0.1, 0.15) is 25.7 Å². The van der Waals surface area contributed by atoms with Gasteiger partial charge in [0, 0.05) is 37.0 Å². The number of aryl methyl sites for hydroxylation is 1. The van der Waals surface area contributed by atoms with E-state index < -0.39 is 0 Å². The van der Waals surface area contributed by atoms with Gasteiger partial charge in [0.15, 0.2) is 5.43 Å². The van der Waals surface area contributed by atoms with Crippen LogP contribution in [0.3, 0.4) is 0 Å². The van der Waals surface area contributed by atoms with Gasteiger partial charge < -0.3 is 14.0 Å². The summed E-state index contributed by atoms with van der Waals surface area (Å²) in [7, 11) is 2.01. The lowest BCUT2D eigenvalue weighted by atomic mass is 10.1. The Bertz CT molecular complexity index is 1140. The summed E-state index contributed by atoms with van der Waals surface area (Å²) in [6.45, 7) is 7.89. The van der Waals surface area contributed by atoms with Crippen molar-refractivity contribution in [2.75, 3.05) is 52.5 Å². The Balaban J connectivity index is 1.34. The van der Waals surface area contributed by atoms with Crippen LogP contribution in [0.4, 0.5) is 0 Å². The van der Waals surface area contributed by atoms with Crippen molar-refractivity contribution in [3.8, 4) is 11.5 Å². The summed E-state index contributed by atoms with van der Waals surface area (Å²) >= 11 is 0. The molecule has 0 radical (unpaired) electrons. The van der Waals surface area contributed by atoms with E-state index >= 15 is 0 Å². The molecule has 0 N–H and O–H groups in total. The smallest absolute Gasteiger partial charge is 0.197 e. The molecular formula is C26H33N3O3. The quantitative estimate of drug-likeness (QED) is 0.506. The van der Waals surface area contributed by atoms with Crippen LogP contribution in [-0.4, -0.2) is 66.8 Å². The van der Waals surface area contributed by atoms with Crippen molar-refractivity contribution in [1.82, 2.24) is 14.4 Å². The third kappa shape index (κ3) is 4.48. The van der Waals surface area contributed by atoms with Gasteiger partial charge >= 0.3 is 0 Å². The topological polar surface area (TPSA) is 46.9 Å². The molecule has 6 nitrogen and oxygen atoms in total. The molecule has 2 aliphatic heterocycles. The zero-order chi connectivity index (χ0) is 21.9. The standard InChI is InChI=1S/C26H33N3O3/c1-27-24-9-7-20(31-16-14-28-10-2-3-11-28)18-23(24)26(30)22-8-6-21(19-25(22)27)32-17-15-29-12-4-5-13-29/h6-9,18-19H,2-5,10-17H2,1H3. The third-order valence-electron chi connectivity index (χ3n) is 6.90. The molecule has 2 aliphatic rings. The van der Waals surface area contributed by atoms with Crippen molar-refractivity contribution in [1.29, 1.82) is 0 Å². The molecule has 1 aromatic heterocycles. The van der Waals surface area contributed by atoms with Crippen LogP contribution in [0.15, 0.2) is 41.2 Å². The first kappa shape index (κ1) is 21.3. The van der Waals surface area contributed by atoms with Crippen molar-refractivity contribution in [3.05, 3.63) is 46.6 Å². The van der Waals surface area contributed by atoms with E-state index in [1.807, 2.05) is 43.4 Å². The predicted octanol–water partition coefficient (Wildman–Crippen LogP) is 3.64. The van der Waals surface area contributed by atoms with E-state index in [0.717, 1.165) is 48.7 Å². The maximum atomic E-state index is 13.3. The van der Waals surface area contributed by atoms with Crippen LogP contribution in [0.5, 0.6) is 11.5 Å². The Morgan fingerprint density at radius 2 is 1.28 bits per heavy atom. The summed E-state index contributed by atoms with van der Waals surface area (Å²) in [5, 5.41) is 1.41. The van der Waals surface area contributed by atoms with Gasteiger partial charge in [0.2, 0.25) is 0 Å². The molecule has 2 aromatic carbocycles. The molecule has 3 heterocycles. The largest absolute Gasteiger partial charge is 0.492 e. The van der Waals surface area contributed by atoms with E-state index in [9.17, 15) is 4.79 Å². The molecule has 6 heteroatoms. The molecule has 0 saturated carbocycles. The maximum Gasteiger partial charge on any atom is 0.197 e. The molecule has 32 heavy (non-hydrogen) atoms. The highest BCUT2D eigenvalue weighted by atomic mass is 16.5. The Morgan fingerprint density at radius 1 is 0.719 bits per heavy atom. The van der Waals surface area contributed by atoms with Gasteiger partial charge in [-0.1, -0.05) is 0 Å². The van der Waals surface area contributed by atoms with Crippen molar-refractivity contribution < 1.29 is 9.47 Å². The molecule has 0 amide bonds. The Morgan fingerprint density at radius 3 is 1.91 bits per heavy atom. The highest BCUT2D eigenvalue weighted by molar-refractivity contribution is 5.94. The minimum Gasteiger partial charge on any atom is -0.492 e. The van der Waals surface area contributed by atoms with E-state index in [2.05, 4.69) is 14.4 Å². The predicted molar refractivity (Wildman–Crippen MR) is 129 cm³/mol. The number of nitrogens with zero attached hydrogens (tertiary/aromatic N) is 3. The molecule has 0 spiro atoms. The molecule has 0 bridgehead atoms. The zero-order valence-corrected chi connectivity index (χ0v) is 19.0. The van der Waals surface area contributed by atoms with E-state index in [1.165, 1.54) is 38.8 Å². The second-order valence-corrected chi connectivity index (χ2v) is 9.04. The van der Waals surface area contributed by atoms with Crippen molar-refractivity contribution in [2.24, 2.45) is 7.05 Å². The van der Waals surface area contributed by atoms with E-state index in [-0.39, 0.29) is 5.43 Å². The van der Waals surface area contributed by atoms with Gasteiger partial charge in [-0.2, -0.15) is 0 Å². The summed E-state index contributed by atoms with van der Waals surface area (Å²) in [6.07, 6.45) is 5.14. The summed E-state index contributed by atoms with van der Waals surface area (Å²) in [4.78, 5) is 18.1. The van der Waals surface area contributed by atoms with Gasteiger partial charge in [0.05, 0.1) is 11.0 Å². The normalized spacial score (nSPS) is 17.5. The van der Waals surface area contributed by atoms with Gasteiger partial charge in [-0.05, 0) is 82.2 Å². The molecule has 2 fully saturated rings. The van der Waals surface area contributed by atoms with E-state index in [0.29, 0.717) is 24.0 Å². The third-order valence-corrected chi connectivity index (χ3v) is 6.90. The number of rotatable bonds is 8. The van der Waals surface area contributed by atoms with Gasteiger partial charge in [0.25, 0.3) is 0 Å². The molecular weight excluding hydrogens is 402 g/mol. The van der Waals surface area contributed by atoms with Crippen LogP contribution >= 0.6 is 0 Å². The summed E-state index contributed by atoms with van der Waals surface area (Å²) < 4.78 is 14.1. The van der Waals surface area contributed by atoms with E-state index in [4.69, 9.17) is 9.47 Å². The van der Waals surface area contributed by atoms with Crippen LogP contribution in [-0.2, 0) is 7.05 Å². The Kier molecular flexibility index (Phi) is 6.32. The number of benzene rings is 2. The maximum absolute atomic E-state index is 13.3. The number of hydrogen-bond acceptors (Lipinski definition) is 5. The monoisotopic (exact) mass is 435 g/mol. The number of hydrogen-bond donors (Lipinski definition) is 0. The minimum absolute atomic E-state index is 0.0432. The molecule has 3 aromatic rings. The number of likely N-dealkylation sites (tertiary alicyclic amines) is 2. The lowest BCUT2D eigenvalue weighted by Crippen LogP contribution is -2.25. The number of aromatic nitrogens is 1. The molecule has 5 rings (SSSR count). The second-order valence-electron chi connectivity index (χ2n) is 9.04. The second kappa shape index (κ2) is 9.51. The van der Waals surface area contributed by atoms with Crippen molar-refractivity contribution >= 4 is 21.8 Å². The Labute approximate surface area is 189 Å². The summed E-state index contributed by atoms with van der Waals surface area (Å²) in [5.41, 5.74) is 1.84. The first-order valence-corrected chi connectivity index (χ1v) is 12.0. The van der Waals surface area contributed by atoms with E-state index in [1.54, 1.807) is 0 Å². The molecule has 2 saturated heterocycles. The average molecular weight is 436 g/mol. The first-order chi connectivity index (χ1) is 15.7. The average Bonchev–Trinajstić information content (AvgIpc) is 3.52. The summed E-state index contributed by atoms with van der Waals surface area (Å²) in [5.74, 6) is 1.57. The summed E-state index contributed by atoms with van der Waals surface area (Å²) in [6, 6.07) is 11.6. The number of ether oxygens (including phenoxy) is 2. The fourth-order valence-corrected chi connectivity index (χ4v) is 5.02. The molecule has 170 valence electrons. The van der Waals surface area contributed by atoms with Gasteiger partial charge in [-0.3, -0.25) is 14.6 Å². The van der Waals surface area contributed by atoms with Crippen LogP contribution in [0.2, 0.25) is 0 Å². The minimum atomic E-state index is 0.0432. The first-order valence-electron chi connectivity index (χ1n) is 12.0. The van der Waals surface area contributed by atoms with Crippen molar-refractivity contribution in [3.63, 3.8) is 0 Å². The highest BCUT2D eigenvalue weighted by Gasteiger charge is 2.14. The molecule has 0 atom stereocenters. The number of fused-ring (bicyclic) bond motifs is 2. The lowest BCUT2D eigenvalue weighted by Gasteiger charge is -2.17. The zero-order valence-electron chi connectivity index (χ0n) is 19.0. The van der Waals surface area contributed by atoms with Gasteiger partial charge in [0.1, 0.15) is 24.7 Å².